The van der Waals surface area contributed by atoms with E-state index in [0.717, 1.165) is 21.2 Å². The molecule has 2 N–H and O–H groups in total. The van der Waals surface area contributed by atoms with E-state index in [1.165, 1.54) is 6.20 Å². The minimum absolute atomic E-state index is 0.0378. The van der Waals surface area contributed by atoms with Gasteiger partial charge in [-0.1, -0.05) is 60.3 Å². The number of carbonyl (C=O) groups excluding carboxylic acids is 1. The molecule has 0 saturated carbocycles. The summed E-state index contributed by atoms with van der Waals surface area (Å²) in [6, 6.07) is 36.1. The van der Waals surface area contributed by atoms with Gasteiger partial charge in [-0.2, -0.15) is 5.26 Å². The van der Waals surface area contributed by atoms with Gasteiger partial charge in [-0.05, 0) is 60.7 Å². The van der Waals surface area contributed by atoms with E-state index in [-0.39, 0.29) is 5.57 Å². The average molecular weight is 464 g/mol. The van der Waals surface area contributed by atoms with Crippen LogP contribution in [0.4, 0.5) is 11.4 Å². The third-order valence-electron chi connectivity index (χ3n) is 4.69. The lowest BCUT2D eigenvalue weighted by molar-refractivity contribution is -0.112. The Labute approximate surface area is 202 Å². The molecule has 6 heteroatoms. The molecule has 4 rings (SSSR count). The number of benzene rings is 4. The topological polar surface area (TPSA) is 74.2 Å². The largest absolute Gasteiger partial charge is 0.457 e. The number of rotatable bonds is 8. The van der Waals surface area contributed by atoms with E-state index < -0.39 is 5.91 Å². The SMILES string of the molecule is N#C/C(=C/Nc1ccccc1Sc1ccccc1)C(=O)Nc1ccc(Oc2ccccc2)cc1. The van der Waals surface area contributed by atoms with Crippen LogP contribution in [0.15, 0.2) is 131 Å². The van der Waals surface area contributed by atoms with E-state index in [0.29, 0.717) is 11.4 Å². The summed E-state index contributed by atoms with van der Waals surface area (Å²) in [6.07, 6.45) is 1.42. The molecule has 166 valence electrons. The summed E-state index contributed by atoms with van der Waals surface area (Å²) in [4.78, 5) is 14.7. The van der Waals surface area contributed by atoms with Crippen molar-refractivity contribution in [1.82, 2.24) is 0 Å². The third-order valence-corrected chi connectivity index (χ3v) is 5.77. The Morgan fingerprint density at radius 2 is 1.41 bits per heavy atom. The van der Waals surface area contributed by atoms with Gasteiger partial charge < -0.3 is 15.4 Å². The zero-order valence-electron chi connectivity index (χ0n) is 18.1. The fraction of sp³-hybridized carbons (Fsp3) is 0. The molecule has 5 nitrogen and oxygen atoms in total. The van der Waals surface area contributed by atoms with Crippen LogP contribution in [0.2, 0.25) is 0 Å². The van der Waals surface area contributed by atoms with Crippen molar-refractivity contribution < 1.29 is 9.53 Å². The van der Waals surface area contributed by atoms with E-state index in [4.69, 9.17) is 4.74 Å². The van der Waals surface area contributed by atoms with Crippen molar-refractivity contribution in [3.63, 3.8) is 0 Å². The van der Waals surface area contributed by atoms with E-state index in [2.05, 4.69) is 10.6 Å². The summed E-state index contributed by atoms with van der Waals surface area (Å²) in [5, 5.41) is 15.4. The second-order valence-corrected chi connectivity index (χ2v) is 8.23. The third kappa shape index (κ3) is 6.28. The average Bonchev–Trinajstić information content (AvgIpc) is 2.88. The molecular formula is C28H21N3O2S. The summed E-state index contributed by atoms with van der Waals surface area (Å²) in [7, 11) is 0. The van der Waals surface area contributed by atoms with Gasteiger partial charge in [0.1, 0.15) is 23.1 Å². The summed E-state index contributed by atoms with van der Waals surface area (Å²) in [5.41, 5.74) is 1.33. The number of hydrogen-bond acceptors (Lipinski definition) is 5. The van der Waals surface area contributed by atoms with Crippen LogP contribution in [-0.4, -0.2) is 5.91 Å². The molecule has 0 aliphatic carbocycles. The molecule has 0 aliphatic heterocycles. The molecular weight excluding hydrogens is 442 g/mol. The number of nitrogens with one attached hydrogen (secondary N) is 2. The maximum atomic E-state index is 12.6. The number of carbonyl (C=O) groups is 1. The van der Waals surface area contributed by atoms with Gasteiger partial charge in [0, 0.05) is 21.7 Å². The van der Waals surface area contributed by atoms with E-state index in [9.17, 15) is 10.1 Å². The fourth-order valence-corrected chi connectivity index (χ4v) is 3.95. The van der Waals surface area contributed by atoms with Gasteiger partial charge in [-0.25, -0.2) is 0 Å². The van der Waals surface area contributed by atoms with Crippen molar-refractivity contribution in [1.29, 1.82) is 5.26 Å². The van der Waals surface area contributed by atoms with Crippen LogP contribution in [-0.2, 0) is 4.79 Å². The highest BCUT2D eigenvalue weighted by Gasteiger charge is 2.10. The van der Waals surface area contributed by atoms with E-state index in [1.54, 1.807) is 36.0 Å². The van der Waals surface area contributed by atoms with Gasteiger partial charge in [-0.15, -0.1) is 0 Å². The number of amides is 1. The number of hydrogen-bond donors (Lipinski definition) is 2. The van der Waals surface area contributed by atoms with Crippen molar-refractivity contribution in [2.75, 3.05) is 10.6 Å². The lowest BCUT2D eigenvalue weighted by Gasteiger charge is -2.10. The number of nitriles is 1. The number of ether oxygens (including phenoxy) is 1. The lowest BCUT2D eigenvalue weighted by Crippen LogP contribution is -2.14. The maximum absolute atomic E-state index is 12.6. The van der Waals surface area contributed by atoms with Crippen molar-refractivity contribution in [2.45, 2.75) is 9.79 Å². The monoisotopic (exact) mass is 463 g/mol. The first-order chi connectivity index (χ1) is 16.7. The van der Waals surface area contributed by atoms with Crippen LogP contribution < -0.4 is 15.4 Å². The first-order valence-electron chi connectivity index (χ1n) is 10.5. The van der Waals surface area contributed by atoms with Crippen LogP contribution >= 0.6 is 11.8 Å². The van der Waals surface area contributed by atoms with Gasteiger partial charge >= 0.3 is 0 Å². The van der Waals surface area contributed by atoms with Crippen molar-refractivity contribution in [3.05, 3.63) is 121 Å². The molecule has 4 aromatic rings. The Kier molecular flexibility index (Phi) is 7.62. The highest BCUT2D eigenvalue weighted by Crippen LogP contribution is 2.33. The van der Waals surface area contributed by atoms with Crippen LogP contribution in [0.1, 0.15) is 0 Å². The normalized spacial score (nSPS) is 10.7. The zero-order valence-corrected chi connectivity index (χ0v) is 19.0. The molecule has 0 atom stereocenters. The van der Waals surface area contributed by atoms with Gasteiger partial charge in [-0.3, -0.25) is 4.79 Å². The Hall–Kier alpha value is -4.47. The Balaban J connectivity index is 1.40. The molecule has 0 fully saturated rings. The van der Waals surface area contributed by atoms with Crippen LogP contribution in [0.25, 0.3) is 0 Å². The van der Waals surface area contributed by atoms with Gasteiger partial charge in [0.2, 0.25) is 0 Å². The Morgan fingerprint density at radius 3 is 2.12 bits per heavy atom. The molecule has 0 radical (unpaired) electrons. The molecule has 0 aliphatic rings. The minimum Gasteiger partial charge on any atom is -0.457 e. The predicted octanol–water partition coefficient (Wildman–Crippen LogP) is 7.09. The lowest BCUT2D eigenvalue weighted by atomic mass is 10.2. The second-order valence-electron chi connectivity index (χ2n) is 7.12. The minimum atomic E-state index is -0.500. The number of para-hydroxylation sites is 2. The number of anilines is 2. The van der Waals surface area contributed by atoms with Crippen molar-refractivity contribution in [3.8, 4) is 17.6 Å². The standard InChI is InChI=1S/C28H21N3O2S/c29-19-21(20-30-26-13-7-8-14-27(26)34-25-11-5-2-6-12-25)28(32)31-22-15-17-24(18-16-22)33-23-9-3-1-4-10-23/h1-18,20,30H,(H,31,32)/b21-20-. The number of nitrogens with zero attached hydrogens (tertiary/aromatic N) is 1. The molecule has 0 unspecified atom stereocenters. The molecule has 0 saturated heterocycles. The van der Waals surface area contributed by atoms with Crippen molar-refractivity contribution >= 4 is 29.0 Å². The first-order valence-corrected chi connectivity index (χ1v) is 11.4. The molecule has 0 spiro atoms. The Morgan fingerprint density at radius 1 is 0.794 bits per heavy atom. The van der Waals surface area contributed by atoms with Gasteiger partial charge in [0.25, 0.3) is 5.91 Å². The quantitative estimate of drug-likeness (QED) is 0.216. The molecule has 4 aromatic carbocycles. The molecule has 0 bridgehead atoms. The Bertz CT molecular complexity index is 1320. The molecule has 0 aromatic heterocycles. The molecule has 0 heterocycles. The van der Waals surface area contributed by atoms with Crippen LogP contribution in [0.5, 0.6) is 11.5 Å². The molecule has 1 amide bonds. The maximum Gasteiger partial charge on any atom is 0.267 e. The second kappa shape index (κ2) is 11.4. The zero-order chi connectivity index (χ0) is 23.6. The highest BCUT2D eigenvalue weighted by molar-refractivity contribution is 7.99. The summed E-state index contributed by atoms with van der Waals surface area (Å²) in [5.74, 6) is 0.875. The van der Waals surface area contributed by atoms with Crippen LogP contribution in [0.3, 0.4) is 0 Å². The summed E-state index contributed by atoms with van der Waals surface area (Å²) >= 11 is 1.60. The predicted molar refractivity (Wildman–Crippen MR) is 136 cm³/mol. The van der Waals surface area contributed by atoms with Crippen LogP contribution in [0, 0.1) is 11.3 Å². The highest BCUT2D eigenvalue weighted by atomic mass is 32.2. The summed E-state index contributed by atoms with van der Waals surface area (Å²) < 4.78 is 5.76. The summed E-state index contributed by atoms with van der Waals surface area (Å²) in [6.45, 7) is 0. The van der Waals surface area contributed by atoms with Gasteiger partial charge in [0.15, 0.2) is 0 Å². The van der Waals surface area contributed by atoms with Gasteiger partial charge in [0.05, 0.1) is 5.69 Å². The van der Waals surface area contributed by atoms with Crippen molar-refractivity contribution in [2.24, 2.45) is 0 Å². The van der Waals surface area contributed by atoms with E-state index in [1.807, 2.05) is 91.0 Å². The smallest absolute Gasteiger partial charge is 0.267 e. The molecule has 34 heavy (non-hydrogen) atoms. The first kappa shape index (κ1) is 22.7. The van der Waals surface area contributed by atoms with E-state index >= 15 is 0 Å². The fourth-order valence-electron chi connectivity index (χ4n) is 3.02.